The fourth-order valence-electron chi connectivity index (χ4n) is 7.12. The van der Waals surface area contributed by atoms with Crippen molar-refractivity contribution in [1.82, 2.24) is 0 Å². The summed E-state index contributed by atoms with van der Waals surface area (Å²) in [6, 6.07) is 73.9. The van der Waals surface area contributed by atoms with Crippen LogP contribution in [-0.2, 0) is 0 Å². The highest BCUT2D eigenvalue weighted by molar-refractivity contribution is 5.92. The summed E-state index contributed by atoms with van der Waals surface area (Å²) in [4.78, 5) is 7.15. The van der Waals surface area contributed by atoms with Crippen LogP contribution >= 0.6 is 0 Å². The maximum Gasteiger partial charge on any atom is 0.0532 e. The third kappa shape index (κ3) is 7.13. The van der Waals surface area contributed by atoms with Crippen molar-refractivity contribution in [2.24, 2.45) is 0 Å². The molecule has 0 aliphatic rings. The molecular weight excluding hydrogens is 655 g/mol. The Labute approximate surface area is 319 Å². The van der Waals surface area contributed by atoms with Gasteiger partial charge in [-0.2, -0.15) is 0 Å². The van der Waals surface area contributed by atoms with Gasteiger partial charge in [0.15, 0.2) is 0 Å². The average molecular weight is 698 g/mol. The van der Waals surface area contributed by atoms with Crippen LogP contribution in [0.25, 0.3) is 11.1 Å². The van der Waals surface area contributed by atoms with E-state index in [0.29, 0.717) is 0 Å². The first-order valence-corrected chi connectivity index (χ1v) is 18.5. The van der Waals surface area contributed by atoms with Gasteiger partial charge < -0.3 is 14.7 Å². The summed E-state index contributed by atoms with van der Waals surface area (Å²) in [5, 5.41) is 0. The summed E-state index contributed by atoms with van der Waals surface area (Å²) in [5.74, 6) is 0. The zero-order valence-electron chi connectivity index (χ0n) is 31.0. The molecular formula is C51H43N3. The van der Waals surface area contributed by atoms with Gasteiger partial charge in [0, 0.05) is 34.1 Å². The highest BCUT2D eigenvalue weighted by Gasteiger charge is 2.25. The van der Waals surface area contributed by atoms with Gasteiger partial charge in [-0.3, -0.25) is 0 Å². The van der Waals surface area contributed by atoms with Crippen LogP contribution in [0.4, 0.5) is 51.2 Å². The first-order valence-electron chi connectivity index (χ1n) is 18.5. The zero-order valence-corrected chi connectivity index (χ0v) is 31.0. The lowest BCUT2D eigenvalue weighted by atomic mass is 10.0. The summed E-state index contributed by atoms with van der Waals surface area (Å²) >= 11 is 0. The Kier molecular flexibility index (Phi) is 9.78. The molecule has 0 atom stereocenters. The van der Waals surface area contributed by atoms with Crippen molar-refractivity contribution in [2.45, 2.75) is 20.8 Å². The first-order chi connectivity index (χ1) is 26.5. The molecule has 0 saturated carbocycles. The minimum Gasteiger partial charge on any atom is -0.310 e. The van der Waals surface area contributed by atoms with Crippen LogP contribution in [0, 0.1) is 20.8 Å². The second-order valence-electron chi connectivity index (χ2n) is 13.7. The Morgan fingerprint density at radius 2 is 0.556 bits per heavy atom. The Morgan fingerprint density at radius 1 is 0.259 bits per heavy atom. The third-order valence-corrected chi connectivity index (χ3v) is 9.94. The lowest BCUT2D eigenvalue weighted by Gasteiger charge is -2.35. The molecule has 0 heterocycles. The quantitative estimate of drug-likeness (QED) is 0.141. The van der Waals surface area contributed by atoms with Crippen molar-refractivity contribution in [3.8, 4) is 11.1 Å². The van der Waals surface area contributed by atoms with Crippen molar-refractivity contribution >= 4 is 51.2 Å². The fraction of sp³-hybridized carbons (Fsp3) is 0.0588. The monoisotopic (exact) mass is 697 g/mol. The standard InChI is InChI=1S/C51H43N3/c1-38-24-30-46(31-25-38)52(47-32-26-39(2)27-33-47)49-36-50(53(43-18-10-5-11-19-43)44-20-12-6-13-21-44)40(3)51(37-49)54(45-22-14-7-15-23-45)48-34-28-42(29-35-48)41-16-8-4-9-17-41/h4-37H,1-3H3. The molecule has 262 valence electrons. The lowest BCUT2D eigenvalue weighted by molar-refractivity contribution is 1.19. The zero-order chi connectivity index (χ0) is 36.9. The predicted octanol–water partition coefficient (Wildman–Crippen LogP) is 14.7. The van der Waals surface area contributed by atoms with Gasteiger partial charge in [-0.15, -0.1) is 0 Å². The van der Waals surface area contributed by atoms with Crippen molar-refractivity contribution in [1.29, 1.82) is 0 Å². The fourth-order valence-corrected chi connectivity index (χ4v) is 7.12. The molecule has 8 aromatic carbocycles. The molecule has 0 fully saturated rings. The number of benzene rings is 8. The minimum absolute atomic E-state index is 1.05. The highest BCUT2D eigenvalue weighted by Crippen LogP contribution is 2.48. The van der Waals surface area contributed by atoms with E-state index < -0.39 is 0 Å². The molecule has 0 aromatic heterocycles. The predicted molar refractivity (Wildman–Crippen MR) is 230 cm³/mol. The van der Waals surface area contributed by atoms with Crippen LogP contribution in [0.15, 0.2) is 206 Å². The van der Waals surface area contributed by atoms with E-state index in [4.69, 9.17) is 0 Å². The number of hydrogen-bond acceptors (Lipinski definition) is 3. The minimum atomic E-state index is 1.05. The van der Waals surface area contributed by atoms with Crippen LogP contribution in [0.5, 0.6) is 0 Å². The molecule has 8 aromatic rings. The van der Waals surface area contributed by atoms with E-state index >= 15 is 0 Å². The molecule has 0 radical (unpaired) electrons. The molecule has 0 bridgehead atoms. The summed E-state index contributed by atoms with van der Waals surface area (Å²) < 4.78 is 0. The van der Waals surface area contributed by atoms with Gasteiger partial charge in [-0.1, -0.05) is 132 Å². The normalized spacial score (nSPS) is 10.9. The molecule has 0 spiro atoms. The van der Waals surface area contributed by atoms with E-state index in [0.717, 1.165) is 56.7 Å². The van der Waals surface area contributed by atoms with Gasteiger partial charge in [-0.25, -0.2) is 0 Å². The second kappa shape index (κ2) is 15.4. The number of hydrogen-bond donors (Lipinski definition) is 0. The largest absolute Gasteiger partial charge is 0.310 e. The summed E-state index contributed by atoms with van der Waals surface area (Å²) in [6.45, 7) is 6.53. The van der Waals surface area contributed by atoms with Gasteiger partial charge in [-0.05, 0) is 122 Å². The molecule has 3 nitrogen and oxygen atoms in total. The van der Waals surface area contributed by atoms with Gasteiger partial charge in [0.25, 0.3) is 0 Å². The summed E-state index contributed by atoms with van der Waals surface area (Å²) in [7, 11) is 0. The summed E-state index contributed by atoms with van der Waals surface area (Å²) in [5.41, 5.74) is 15.7. The Bertz CT molecular complexity index is 2340. The number of rotatable bonds is 10. The maximum atomic E-state index is 2.40. The molecule has 3 heteroatoms. The van der Waals surface area contributed by atoms with Gasteiger partial charge in [0.05, 0.1) is 17.1 Å². The van der Waals surface area contributed by atoms with Crippen molar-refractivity contribution in [3.63, 3.8) is 0 Å². The molecule has 0 unspecified atom stereocenters. The maximum absolute atomic E-state index is 2.40. The molecule has 0 aliphatic carbocycles. The topological polar surface area (TPSA) is 9.72 Å². The van der Waals surface area contributed by atoms with Gasteiger partial charge in [0.2, 0.25) is 0 Å². The Balaban J connectivity index is 1.42. The van der Waals surface area contributed by atoms with Crippen molar-refractivity contribution < 1.29 is 0 Å². The van der Waals surface area contributed by atoms with Crippen molar-refractivity contribution in [3.05, 3.63) is 223 Å². The highest BCUT2D eigenvalue weighted by atomic mass is 15.2. The van der Waals surface area contributed by atoms with Gasteiger partial charge in [0.1, 0.15) is 0 Å². The van der Waals surface area contributed by atoms with Crippen LogP contribution in [0.2, 0.25) is 0 Å². The smallest absolute Gasteiger partial charge is 0.0532 e. The molecule has 0 amide bonds. The number of para-hydroxylation sites is 3. The van der Waals surface area contributed by atoms with Gasteiger partial charge >= 0.3 is 0 Å². The van der Waals surface area contributed by atoms with Crippen LogP contribution in [0.3, 0.4) is 0 Å². The van der Waals surface area contributed by atoms with E-state index in [1.807, 2.05) is 0 Å². The number of anilines is 9. The molecule has 54 heavy (non-hydrogen) atoms. The van der Waals surface area contributed by atoms with E-state index in [2.05, 4.69) is 242 Å². The Morgan fingerprint density at radius 3 is 0.944 bits per heavy atom. The van der Waals surface area contributed by atoms with E-state index in [9.17, 15) is 0 Å². The number of nitrogens with zero attached hydrogens (tertiary/aromatic N) is 3. The SMILES string of the molecule is Cc1ccc(N(c2ccc(C)cc2)c2cc(N(c3ccccc3)c3ccccc3)c(C)c(N(c3ccccc3)c3ccc(-c4ccccc4)cc3)c2)cc1. The molecule has 0 saturated heterocycles. The third-order valence-electron chi connectivity index (χ3n) is 9.94. The van der Waals surface area contributed by atoms with Crippen LogP contribution < -0.4 is 14.7 Å². The molecule has 0 N–H and O–H groups in total. The van der Waals surface area contributed by atoms with E-state index in [-0.39, 0.29) is 0 Å². The van der Waals surface area contributed by atoms with E-state index in [1.54, 1.807) is 0 Å². The van der Waals surface area contributed by atoms with Crippen molar-refractivity contribution in [2.75, 3.05) is 14.7 Å². The Hall–Kier alpha value is -6.84. The average Bonchev–Trinajstić information content (AvgIpc) is 3.23. The van der Waals surface area contributed by atoms with Crippen LogP contribution in [-0.4, -0.2) is 0 Å². The lowest BCUT2D eigenvalue weighted by Crippen LogP contribution is -2.18. The van der Waals surface area contributed by atoms with Crippen LogP contribution in [0.1, 0.15) is 16.7 Å². The molecule has 8 rings (SSSR count). The van der Waals surface area contributed by atoms with E-state index in [1.165, 1.54) is 22.3 Å². The second-order valence-corrected chi connectivity index (χ2v) is 13.7. The molecule has 0 aliphatic heterocycles. The first kappa shape index (κ1) is 34.3. The summed E-state index contributed by atoms with van der Waals surface area (Å²) in [6.07, 6.45) is 0. The number of aryl methyl sites for hydroxylation is 2.